The highest BCUT2D eigenvalue weighted by Gasteiger charge is 2.16. The molecule has 1 atom stereocenters. The van der Waals surface area contributed by atoms with Crippen LogP contribution in [-0.4, -0.2) is 69.9 Å². The van der Waals surface area contributed by atoms with E-state index in [0.717, 1.165) is 38.5 Å². The molecule has 0 unspecified atom stereocenters. The number of rotatable bonds is 5. The second-order valence-corrected chi connectivity index (χ2v) is 5.59. The van der Waals surface area contributed by atoms with Gasteiger partial charge in [-0.05, 0) is 41.6 Å². The molecule has 8 nitrogen and oxygen atoms in total. The summed E-state index contributed by atoms with van der Waals surface area (Å²) in [7, 11) is 0. The first-order valence-electron chi connectivity index (χ1n) is 7.67. The lowest BCUT2D eigenvalue weighted by Gasteiger charge is -2.29. The van der Waals surface area contributed by atoms with E-state index >= 15 is 0 Å². The number of aromatic nitrogens is 4. The molecule has 1 N–H and O–H groups in total. The molecule has 0 radical (unpaired) electrons. The number of morpholine rings is 1. The fourth-order valence-electron chi connectivity index (χ4n) is 2.57. The van der Waals surface area contributed by atoms with Crippen molar-refractivity contribution in [1.82, 2.24) is 30.4 Å². The van der Waals surface area contributed by atoms with Gasteiger partial charge in [0.25, 0.3) is 5.91 Å². The number of nitrogens with one attached hydrogen (secondary N) is 1. The molecule has 1 aromatic heterocycles. The Morgan fingerprint density at radius 3 is 2.70 bits per heavy atom. The predicted molar refractivity (Wildman–Crippen MR) is 83.3 cm³/mol. The zero-order valence-electron chi connectivity index (χ0n) is 13.1. The SMILES string of the molecule is C[C@@H](CN1CCOCC1)NC(=O)c1ccc(-n2cnnn2)cc1. The van der Waals surface area contributed by atoms with E-state index in [1.165, 1.54) is 6.33 Å². The first kappa shape index (κ1) is 15.6. The molecule has 8 heteroatoms. The Balaban J connectivity index is 1.55. The molecule has 1 saturated heterocycles. The van der Waals surface area contributed by atoms with Gasteiger partial charge in [-0.15, -0.1) is 5.10 Å². The highest BCUT2D eigenvalue weighted by atomic mass is 16.5. The molecule has 1 aromatic carbocycles. The zero-order valence-corrected chi connectivity index (χ0v) is 13.1. The second-order valence-electron chi connectivity index (χ2n) is 5.59. The molecule has 2 heterocycles. The van der Waals surface area contributed by atoms with Crippen LogP contribution in [0.3, 0.4) is 0 Å². The Morgan fingerprint density at radius 2 is 2.04 bits per heavy atom. The number of ether oxygens (including phenoxy) is 1. The maximum atomic E-state index is 12.3. The van der Waals surface area contributed by atoms with Gasteiger partial charge in [-0.3, -0.25) is 9.69 Å². The minimum absolute atomic E-state index is 0.0750. The zero-order chi connectivity index (χ0) is 16.1. The standard InChI is InChI=1S/C15H20N6O2/c1-12(10-20-6-8-23-9-7-20)17-15(22)13-2-4-14(5-3-13)21-11-16-18-19-21/h2-5,11-12H,6-10H2,1H3,(H,17,22)/t12-/m0/s1. The molecule has 3 rings (SSSR count). The fraction of sp³-hybridized carbons (Fsp3) is 0.467. The van der Waals surface area contributed by atoms with Gasteiger partial charge >= 0.3 is 0 Å². The van der Waals surface area contributed by atoms with E-state index in [1.807, 2.05) is 19.1 Å². The van der Waals surface area contributed by atoms with Crippen molar-refractivity contribution in [3.05, 3.63) is 36.2 Å². The fourth-order valence-corrected chi connectivity index (χ4v) is 2.57. The monoisotopic (exact) mass is 316 g/mol. The number of nitrogens with zero attached hydrogens (tertiary/aromatic N) is 5. The predicted octanol–water partition coefficient (Wildman–Crippen LogP) is 0.113. The van der Waals surface area contributed by atoms with E-state index in [9.17, 15) is 4.79 Å². The number of carbonyl (C=O) groups excluding carboxylic acids is 1. The summed E-state index contributed by atoms with van der Waals surface area (Å²) in [6.45, 7) is 6.21. The molecule has 0 bridgehead atoms. The largest absolute Gasteiger partial charge is 0.379 e. The summed E-state index contributed by atoms with van der Waals surface area (Å²) in [6.07, 6.45) is 1.51. The smallest absolute Gasteiger partial charge is 0.251 e. The molecule has 1 aliphatic rings. The van der Waals surface area contributed by atoms with Crippen LogP contribution >= 0.6 is 0 Å². The van der Waals surface area contributed by atoms with Crippen LogP contribution in [-0.2, 0) is 4.74 Å². The third-order valence-electron chi connectivity index (χ3n) is 3.76. The Hall–Kier alpha value is -2.32. The van der Waals surface area contributed by atoms with E-state index in [-0.39, 0.29) is 11.9 Å². The van der Waals surface area contributed by atoms with Crippen molar-refractivity contribution in [3.63, 3.8) is 0 Å². The summed E-state index contributed by atoms with van der Waals surface area (Å²) in [5.41, 5.74) is 1.43. The number of carbonyl (C=O) groups is 1. The van der Waals surface area contributed by atoms with Gasteiger partial charge < -0.3 is 10.1 Å². The molecular weight excluding hydrogens is 296 g/mol. The topological polar surface area (TPSA) is 85.2 Å². The molecule has 0 spiro atoms. The van der Waals surface area contributed by atoms with Crippen LogP contribution in [0, 0.1) is 0 Å². The summed E-state index contributed by atoms with van der Waals surface area (Å²) in [5.74, 6) is -0.0750. The van der Waals surface area contributed by atoms with E-state index in [2.05, 4.69) is 25.7 Å². The van der Waals surface area contributed by atoms with Gasteiger partial charge in [0.05, 0.1) is 18.9 Å². The van der Waals surface area contributed by atoms with Crippen LogP contribution in [0.25, 0.3) is 5.69 Å². The molecule has 23 heavy (non-hydrogen) atoms. The molecule has 1 aliphatic heterocycles. The summed E-state index contributed by atoms with van der Waals surface area (Å²) < 4.78 is 6.87. The van der Waals surface area contributed by atoms with Crippen LogP contribution in [0.15, 0.2) is 30.6 Å². The van der Waals surface area contributed by atoms with E-state index in [4.69, 9.17) is 4.74 Å². The van der Waals surface area contributed by atoms with Crippen molar-refractivity contribution in [3.8, 4) is 5.69 Å². The van der Waals surface area contributed by atoms with Gasteiger partial charge in [0.1, 0.15) is 6.33 Å². The maximum Gasteiger partial charge on any atom is 0.251 e. The lowest BCUT2D eigenvalue weighted by atomic mass is 10.1. The molecule has 122 valence electrons. The Bertz CT molecular complexity index is 622. The van der Waals surface area contributed by atoms with E-state index < -0.39 is 0 Å². The van der Waals surface area contributed by atoms with Crippen LogP contribution in [0.5, 0.6) is 0 Å². The van der Waals surface area contributed by atoms with Gasteiger partial charge in [0, 0.05) is 31.2 Å². The average Bonchev–Trinajstić information content (AvgIpc) is 3.10. The van der Waals surface area contributed by atoms with E-state index in [1.54, 1.807) is 16.8 Å². The minimum Gasteiger partial charge on any atom is -0.379 e. The lowest BCUT2D eigenvalue weighted by molar-refractivity contribution is 0.0342. The number of hydrogen-bond donors (Lipinski definition) is 1. The lowest BCUT2D eigenvalue weighted by Crippen LogP contribution is -2.46. The average molecular weight is 316 g/mol. The third-order valence-corrected chi connectivity index (χ3v) is 3.76. The van der Waals surface area contributed by atoms with Crippen LogP contribution in [0.2, 0.25) is 0 Å². The van der Waals surface area contributed by atoms with Gasteiger partial charge in [0.15, 0.2) is 0 Å². The minimum atomic E-state index is -0.0750. The number of tetrazole rings is 1. The Morgan fingerprint density at radius 1 is 1.30 bits per heavy atom. The quantitative estimate of drug-likeness (QED) is 0.843. The van der Waals surface area contributed by atoms with E-state index in [0.29, 0.717) is 5.56 Å². The maximum absolute atomic E-state index is 12.3. The van der Waals surface area contributed by atoms with Crippen molar-refractivity contribution < 1.29 is 9.53 Å². The highest BCUT2D eigenvalue weighted by molar-refractivity contribution is 5.94. The first-order chi connectivity index (χ1) is 11.2. The van der Waals surface area contributed by atoms with Crippen molar-refractivity contribution >= 4 is 5.91 Å². The van der Waals surface area contributed by atoms with Crippen LogP contribution < -0.4 is 5.32 Å². The van der Waals surface area contributed by atoms with Gasteiger partial charge in [-0.2, -0.15) is 0 Å². The molecule has 1 amide bonds. The summed E-state index contributed by atoms with van der Waals surface area (Å²) in [6, 6.07) is 7.26. The number of hydrogen-bond acceptors (Lipinski definition) is 6. The van der Waals surface area contributed by atoms with Crippen LogP contribution in [0.1, 0.15) is 17.3 Å². The Labute approximate surface area is 134 Å². The normalized spacial score (nSPS) is 16.9. The first-order valence-corrected chi connectivity index (χ1v) is 7.67. The summed E-state index contributed by atoms with van der Waals surface area (Å²) >= 11 is 0. The molecule has 2 aromatic rings. The van der Waals surface area contributed by atoms with Crippen molar-refractivity contribution in [2.75, 3.05) is 32.8 Å². The van der Waals surface area contributed by atoms with Crippen molar-refractivity contribution in [2.24, 2.45) is 0 Å². The summed E-state index contributed by atoms with van der Waals surface area (Å²) in [5, 5.41) is 14.0. The van der Waals surface area contributed by atoms with Crippen LogP contribution in [0.4, 0.5) is 0 Å². The van der Waals surface area contributed by atoms with Gasteiger partial charge in [-0.1, -0.05) is 0 Å². The van der Waals surface area contributed by atoms with Gasteiger partial charge in [-0.25, -0.2) is 4.68 Å². The summed E-state index contributed by atoms with van der Waals surface area (Å²) in [4.78, 5) is 14.6. The van der Waals surface area contributed by atoms with Crippen molar-refractivity contribution in [1.29, 1.82) is 0 Å². The third kappa shape index (κ3) is 4.11. The Kier molecular flexibility index (Phi) is 4.94. The number of benzene rings is 1. The molecule has 0 aliphatic carbocycles. The number of amides is 1. The van der Waals surface area contributed by atoms with Crippen molar-refractivity contribution in [2.45, 2.75) is 13.0 Å². The molecule has 1 fully saturated rings. The highest BCUT2D eigenvalue weighted by Crippen LogP contribution is 2.08. The van der Waals surface area contributed by atoms with Gasteiger partial charge in [0.2, 0.25) is 0 Å². The molecule has 0 saturated carbocycles. The second kappa shape index (κ2) is 7.30. The molecular formula is C15H20N6O2.